The predicted octanol–water partition coefficient (Wildman–Crippen LogP) is 2.07. The second-order valence-corrected chi connectivity index (χ2v) is 6.75. The molecule has 2 aliphatic rings. The topological polar surface area (TPSA) is 71.8 Å². The van der Waals surface area contributed by atoms with Gasteiger partial charge in [0, 0.05) is 23.5 Å². The fraction of sp³-hybridized carbons (Fsp3) is 0.412. The van der Waals surface area contributed by atoms with Gasteiger partial charge in [-0.2, -0.15) is 0 Å². The molecule has 2 aromatic rings. The lowest BCUT2D eigenvalue weighted by atomic mass is 10.00. The van der Waals surface area contributed by atoms with Gasteiger partial charge < -0.3 is 19.4 Å². The van der Waals surface area contributed by atoms with Crippen LogP contribution in [0.25, 0.3) is 11.0 Å². The van der Waals surface area contributed by atoms with Crippen LogP contribution in [0, 0.1) is 0 Å². The van der Waals surface area contributed by atoms with Crippen molar-refractivity contribution < 1.29 is 13.9 Å². The molecule has 0 bridgehead atoms. The first kappa shape index (κ1) is 18.2. The number of nitrogens with one attached hydrogen (secondary N) is 1. The van der Waals surface area contributed by atoms with E-state index in [-0.39, 0.29) is 29.5 Å². The third-order valence-corrected chi connectivity index (χ3v) is 4.90. The largest absolute Gasteiger partial charge is 0.422 e. The molecule has 134 valence electrons. The molecule has 0 aliphatic carbocycles. The fourth-order valence-corrected chi connectivity index (χ4v) is 3.59. The van der Waals surface area contributed by atoms with Crippen molar-refractivity contribution in [2.24, 2.45) is 0 Å². The molecule has 3 heterocycles. The van der Waals surface area contributed by atoms with Crippen LogP contribution in [-0.4, -0.2) is 49.2 Å². The number of hydrogen-bond donors (Lipinski definition) is 1. The SMILES string of the molecule is Cl.O=C(c1cc2cc(Cl)ccc2oc1=O)N1CCOC2(CCNC2)C1. The zero-order valence-corrected chi connectivity index (χ0v) is 15.0. The molecule has 1 N–H and O–H groups in total. The number of nitrogens with zero attached hydrogens (tertiary/aromatic N) is 1. The van der Waals surface area contributed by atoms with Crippen LogP contribution in [0.5, 0.6) is 0 Å². The van der Waals surface area contributed by atoms with Gasteiger partial charge in [-0.05, 0) is 37.2 Å². The highest BCUT2D eigenvalue weighted by molar-refractivity contribution is 6.31. The maximum absolute atomic E-state index is 12.8. The van der Waals surface area contributed by atoms with E-state index in [9.17, 15) is 9.59 Å². The van der Waals surface area contributed by atoms with Crippen LogP contribution in [0.3, 0.4) is 0 Å². The summed E-state index contributed by atoms with van der Waals surface area (Å²) in [7, 11) is 0. The standard InChI is InChI=1S/C17H17ClN2O4.ClH/c18-12-1-2-14-11(7-12)8-13(16(22)24-14)15(21)20-5-6-23-17(10-20)3-4-19-9-17;/h1-2,7-8,19H,3-6,9-10H2;1H. The third-order valence-electron chi connectivity index (χ3n) is 4.66. The Kier molecular flexibility index (Phi) is 5.06. The van der Waals surface area contributed by atoms with Crippen molar-refractivity contribution in [1.82, 2.24) is 10.2 Å². The molecule has 1 atom stereocenters. The van der Waals surface area contributed by atoms with Gasteiger partial charge in [-0.3, -0.25) is 4.79 Å². The van der Waals surface area contributed by atoms with Crippen LogP contribution in [0.1, 0.15) is 16.8 Å². The third kappa shape index (κ3) is 3.40. The van der Waals surface area contributed by atoms with Crippen molar-refractivity contribution in [3.8, 4) is 0 Å². The monoisotopic (exact) mass is 384 g/mol. The van der Waals surface area contributed by atoms with E-state index >= 15 is 0 Å². The van der Waals surface area contributed by atoms with Gasteiger partial charge in [-0.25, -0.2) is 4.79 Å². The first-order valence-corrected chi connectivity index (χ1v) is 8.32. The number of halogens is 2. The minimum Gasteiger partial charge on any atom is -0.422 e. The Morgan fingerprint density at radius 1 is 1.32 bits per heavy atom. The van der Waals surface area contributed by atoms with Crippen LogP contribution in [0.2, 0.25) is 5.02 Å². The molecule has 1 unspecified atom stereocenters. The minimum absolute atomic E-state index is 0. The fourth-order valence-electron chi connectivity index (χ4n) is 3.41. The van der Waals surface area contributed by atoms with Gasteiger partial charge in [0.1, 0.15) is 11.1 Å². The molecule has 25 heavy (non-hydrogen) atoms. The predicted molar refractivity (Wildman–Crippen MR) is 96.8 cm³/mol. The van der Waals surface area contributed by atoms with E-state index < -0.39 is 5.63 Å². The highest BCUT2D eigenvalue weighted by Gasteiger charge is 2.41. The first-order chi connectivity index (χ1) is 11.6. The number of amides is 1. The van der Waals surface area contributed by atoms with Crippen LogP contribution < -0.4 is 10.9 Å². The number of fused-ring (bicyclic) bond motifs is 1. The van der Waals surface area contributed by atoms with E-state index in [1.165, 1.54) is 0 Å². The molecular formula is C17H18Cl2N2O4. The summed E-state index contributed by atoms with van der Waals surface area (Å²) in [5.41, 5.74) is -0.513. The van der Waals surface area contributed by atoms with Gasteiger partial charge in [0.15, 0.2) is 0 Å². The molecule has 1 amide bonds. The van der Waals surface area contributed by atoms with E-state index in [2.05, 4.69) is 5.32 Å². The van der Waals surface area contributed by atoms with Crippen molar-refractivity contribution in [3.63, 3.8) is 0 Å². The summed E-state index contributed by atoms with van der Waals surface area (Å²) < 4.78 is 11.2. The Morgan fingerprint density at radius 2 is 2.16 bits per heavy atom. The molecule has 6 nitrogen and oxygen atoms in total. The molecule has 1 spiro atoms. The van der Waals surface area contributed by atoms with Crippen LogP contribution in [0.15, 0.2) is 33.5 Å². The maximum Gasteiger partial charge on any atom is 0.349 e. The van der Waals surface area contributed by atoms with Crippen molar-refractivity contribution in [3.05, 3.63) is 45.3 Å². The Hall–Kier alpha value is -1.60. The molecule has 4 rings (SSSR count). The highest BCUT2D eigenvalue weighted by Crippen LogP contribution is 2.26. The smallest absolute Gasteiger partial charge is 0.349 e. The normalized spacial score (nSPS) is 23.0. The summed E-state index contributed by atoms with van der Waals surface area (Å²) in [5.74, 6) is -0.319. The number of carbonyl (C=O) groups is 1. The lowest BCUT2D eigenvalue weighted by Crippen LogP contribution is -2.55. The lowest BCUT2D eigenvalue weighted by molar-refractivity contribution is -0.0867. The quantitative estimate of drug-likeness (QED) is 0.762. The number of carbonyl (C=O) groups excluding carboxylic acids is 1. The summed E-state index contributed by atoms with van der Waals surface area (Å²) in [6, 6.07) is 6.51. The summed E-state index contributed by atoms with van der Waals surface area (Å²) in [4.78, 5) is 26.8. The molecule has 1 aromatic carbocycles. The molecule has 2 saturated heterocycles. The first-order valence-electron chi connectivity index (χ1n) is 7.94. The Balaban J connectivity index is 0.00000182. The average molecular weight is 385 g/mol. The van der Waals surface area contributed by atoms with Crippen molar-refractivity contribution in [2.45, 2.75) is 12.0 Å². The number of hydrogen-bond acceptors (Lipinski definition) is 5. The Labute approximate surface area is 155 Å². The Bertz CT molecular complexity index is 861. The number of ether oxygens (including phenoxy) is 1. The summed E-state index contributed by atoms with van der Waals surface area (Å²) in [5, 5.41) is 4.43. The maximum atomic E-state index is 12.8. The zero-order chi connectivity index (χ0) is 16.7. The van der Waals surface area contributed by atoms with Crippen LogP contribution in [-0.2, 0) is 4.74 Å². The molecular weight excluding hydrogens is 367 g/mol. The van der Waals surface area contributed by atoms with Crippen LogP contribution in [0.4, 0.5) is 0 Å². The van der Waals surface area contributed by atoms with Crippen molar-refractivity contribution >= 4 is 40.9 Å². The number of rotatable bonds is 1. The van der Waals surface area contributed by atoms with Gasteiger partial charge in [0.25, 0.3) is 5.91 Å². The van der Waals surface area contributed by atoms with E-state index in [4.69, 9.17) is 20.8 Å². The van der Waals surface area contributed by atoms with Gasteiger partial charge in [-0.15, -0.1) is 12.4 Å². The van der Waals surface area contributed by atoms with E-state index in [0.29, 0.717) is 35.7 Å². The second-order valence-electron chi connectivity index (χ2n) is 6.31. The van der Waals surface area contributed by atoms with Crippen molar-refractivity contribution in [1.29, 1.82) is 0 Å². The number of benzene rings is 1. The van der Waals surface area contributed by atoms with E-state index in [1.54, 1.807) is 29.2 Å². The molecule has 8 heteroatoms. The molecule has 2 fully saturated rings. The molecule has 1 aromatic heterocycles. The molecule has 2 aliphatic heterocycles. The molecule has 0 radical (unpaired) electrons. The van der Waals surface area contributed by atoms with Gasteiger partial charge >= 0.3 is 5.63 Å². The second kappa shape index (κ2) is 6.96. The van der Waals surface area contributed by atoms with Gasteiger partial charge in [0.2, 0.25) is 0 Å². The van der Waals surface area contributed by atoms with Crippen LogP contribution >= 0.6 is 24.0 Å². The van der Waals surface area contributed by atoms with E-state index in [1.807, 2.05) is 0 Å². The van der Waals surface area contributed by atoms with Gasteiger partial charge in [0.05, 0.1) is 18.8 Å². The summed E-state index contributed by atoms with van der Waals surface area (Å²) in [6.45, 7) is 3.01. The number of morpholine rings is 1. The highest BCUT2D eigenvalue weighted by atomic mass is 35.5. The lowest BCUT2D eigenvalue weighted by Gasteiger charge is -2.39. The zero-order valence-electron chi connectivity index (χ0n) is 13.4. The van der Waals surface area contributed by atoms with E-state index in [0.717, 1.165) is 19.5 Å². The minimum atomic E-state index is -0.625. The summed E-state index contributed by atoms with van der Waals surface area (Å²) >= 11 is 5.98. The Morgan fingerprint density at radius 3 is 2.92 bits per heavy atom. The van der Waals surface area contributed by atoms with Gasteiger partial charge in [-0.1, -0.05) is 11.6 Å². The molecule has 0 saturated carbocycles. The van der Waals surface area contributed by atoms with Crippen molar-refractivity contribution in [2.75, 3.05) is 32.8 Å². The average Bonchev–Trinajstić information content (AvgIpc) is 3.01. The summed E-state index contributed by atoms with van der Waals surface area (Å²) in [6.07, 6.45) is 0.860.